The predicted molar refractivity (Wildman–Crippen MR) is 119 cm³/mol. The Kier molecular flexibility index (Phi) is 5.44. The second-order valence-corrected chi connectivity index (χ2v) is 7.42. The number of carbonyl (C=O) groups excluding carboxylic acids is 1. The molecule has 0 saturated carbocycles. The molecule has 4 aromatic rings. The van der Waals surface area contributed by atoms with Gasteiger partial charge in [0.05, 0.1) is 17.1 Å². The van der Waals surface area contributed by atoms with Crippen molar-refractivity contribution in [1.29, 1.82) is 0 Å². The fourth-order valence-electron chi connectivity index (χ4n) is 3.52. The van der Waals surface area contributed by atoms with Crippen molar-refractivity contribution in [3.8, 4) is 11.3 Å². The standard InChI is InChI=1S/C25H23N3O2/c1-17-12-14-20(15-13-17)24-21-10-6-7-11-22(21)25(30)28(27-24)16-23(29)26-18(2)19-8-4-3-5-9-19/h3-15,18H,16H2,1-2H3,(H,26,29)/t18-/m1/s1. The third kappa shape index (κ3) is 4.01. The molecule has 0 fully saturated rings. The van der Waals surface area contributed by atoms with Gasteiger partial charge < -0.3 is 5.32 Å². The van der Waals surface area contributed by atoms with Gasteiger partial charge in [0.25, 0.3) is 5.56 Å². The summed E-state index contributed by atoms with van der Waals surface area (Å²) in [4.78, 5) is 25.6. The SMILES string of the molecule is Cc1ccc(-c2nn(CC(=O)N[C@H](C)c3ccccc3)c(=O)c3ccccc23)cc1. The maximum absolute atomic E-state index is 13.0. The van der Waals surface area contributed by atoms with E-state index in [0.717, 1.165) is 22.1 Å². The van der Waals surface area contributed by atoms with Gasteiger partial charge in [-0.15, -0.1) is 0 Å². The Morgan fingerprint density at radius 1 is 0.933 bits per heavy atom. The first-order valence-electron chi connectivity index (χ1n) is 9.94. The summed E-state index contributed by atoms with van der Waals surface area (Å²) in [6, 6.07) is 24.9. The van der Waals surface area contributed by atoms with E-state index in [2.05, 4.69) is 10.4 Å². The molecule has 0 saturated heterocycles. The number of hydrogen-bond donors (Lipinski definition) is 1. The first-order valence-corrected chi connectivity index (χ1v) is 9.94. The zero-order valence-electron chi connectivity index (χ0n) is 17.0. The minimum absolute atomic E-state index is 0.139. The number of aromatic nitrogens is 2. The molecule has 0 aliphatic heterocycles. The number of fused-ring (bicyclic) bond motifs is 1. The summed E-state index contributed by atoms with van der Waals surface area (Å²) in [5.41, 5.74) is 3.47. The largest absolute Gasteiger partial charge is 0.348 e. The van der Waals surface area contributed by atoms with Crippen LogP contribution in [0.2, 0.25) is 0 Å². The Bertz CT molecular complexity index is 1250. The zero-order chi connectivity index (χ0) is 21.1. The van der Waals surface area contributed by atoms with Gasteiger partial charge in [0.15, 0.2) is 0 Å². The van der Waals surface area contributed by atoms with Crippen molar-refractivity contribution < 1.29 is 4.79 Å². The first kappa shape index (κ1) is 19.6. The van der Waals surface area contributed by atoms with Crippen LogP contribution in [0.25, 0.3) is 22.0 Å². The molecular weight excluding hydrogens is 374 g/mol. The fourth-order valence-corrected chi connectivity index (χ4v) is 3.52. The molecule has 4 rings (SSSR count). The third-order valence-corrected chi connectivity index (χ3v) is 5.16. The molecule has 0 radical (unpaired) electrons. The van der Waals surface area contributed by atoms with E-state index < -0.39 is 0 Å². The number of rotatable bonds is 5. The van der Waals surface area contributed by atoms with Gasteiger partial charge in [0.2, 0.25) is 5.91 Å². The van der Waals surface area contributed by atoms with Crippen molar-refractivity contribution in [1.82, 2.24) is 15.1 Å². The Hall–Kier alpha value is -3.73. The topological polar surface area (TPSA) is 64.0 Å². The van der Waals surface area contributed by atoms with E-state index in [-0.39, 0.29) is 24.1 Å². The lowest BCUT2D eigenvalue weighted by Crippen LogP contribution is -2.35. The number of amides is 1. The highest BCUT2D eigenvalue weighted by molar-refractivity contribution is 5.93. The van der Waals surface area contributed by atoms with Gasteiger partial charge in [-0.25, -0.2) is 4.68 Å². The number of carbonyl (C=O) groups is 1. The van der Waals surface area contributed by atoms with Crippen LogP contribution >= 0.6 is 0 Å². The van der Waals surface area contributed by atoms with Crippen LogP contribution in [0.1, 0.15) is 24.1 Å². The number of benzene rings is 3. The van der Waals surface area contributed by atoms with Gasteiger partial charge >= 0.3 is 0 Å². The Balaban J connectivity index is 1.69. The van der Waals surface area contributed by atoms with Gasteiger partial charge in [-0.3, -0.25) is 9.59 Å². The summed E-state index contributed by atoms with van der Waals surface area (Å²) in [6.07, 6.45) is 0. The van der Waals surface area contributed by atoms with E-state index in [4.69, 9.17) is 0 Å². The molecule has 3 aromatic carbocycles. The predicted octanol–water partition coefficient (Wildman–Crippen LogP) is 4.25. The molecule has 0 bridgehead atoms. The minimum atomic E-state index is -0.274. The van der Waals surface area contributed by atoms with Crippen LogP contribution in [0.5, 0.6) is 0 Å². The van der Waals surface area contributed by atoms with Crippen molar-refractivity contribution in [3.63, 3.8) is 0 Å². The minimum Gasteiger partial charge on any atom is -0.348 e. The van der Waals surface area contributed by atoms with Gasteiger partial charge in [0.1, 0.15) is 6.54 Å². The number of hydrogen-bond acceptors (Lipinski definition) is 3. The van der Waals surface area contributed by atoms with Gasteiger partial charge in [-0.2, -0.15) is 5.10 Å². The highest BCUT2D eigenvalue weighted by Crippen LogP contribution is 2.24. The molecule has 1 atom stereocenters. The summed E-state index contributed by atoms with van der Waals surface area (Å²) in [5, 5.41) is 8.84. The van der Waals surface area contributed by atoms with E-state index >= 15 is 0 Å². The molecule has 5 heteroatoms. The van der Waals surface area contributed by atoms with Crippen LogP contribution < -0.4 is 10.9 Å². The molecule has 1 aromatic heterocycles. The van der Waals surface area contributed by atoms with Crippen LogP contribution in [0, 0.1) is 6.92 Å². The lowest BCUT2D eigenvalue weighted by Gasteiger charge is -2.15. The zero-order valence-corrected chi connectivity index (χ0v) is 17.0. The number of aryl methyl sites for hydroxylation is 1. The highest BCUT2D eigenvalue weighted by atomic mass is 16.2. The first-order chi connectivity index (χ1) is 14.5. The van der Waals surface area contributed by atoms with Crippen molar-refractivity contribution in [3.05, 3.63) is 100 Å². The van der Waals surface area contributed by atoms with E-state index in [1.54, 1.807) is 6.07 Å². The molecule has 1 N–H and O–H groups in total. The third-order valence-electron chi connectivity index (χ3n) is 5.16. The van der Waals surface area contributed by atoms with Crippen molar-refractivity contribution in [2.24, 2.45) is 0 Å². The molecular formula is C25H23N3O2. The quantitative estimate of drug-likeness (QED) is 0.548. The second-order valence-electron chi connectivity index (χ2n) is 7.42. The fraction of sp³-hybridized carbons (Fsp3) is 0.160. The molecule has 30 heavy (non-hydrogen) atoms. The summed E-state index contributed by atoms with van der Waals surface area (Å²) in [7, 11) is 0. The number of nitrogens with one attached hydrogen (secondary N) is 1. The lowest BCUT2D eigenvalue weighted by molar-refractivity contribution is -0.122. The Morgan fingerprint density at radius 3 is 2.27 bits per heavy atom. The normalized spacial score (nSPS) is 11.9. The van der Waals surface area contributed by atoms with Crippen LogP contribution in [0.3, 0.4) is 0 Å². The number of nitrogens with zero attached hydrogens (tertiary/aromatic N) is 2. The van der Waals surface area contributed by atoms with E-state index in [9.17, 15) is 9.59 Å². The van der Waals surface area contributed by atoms with E-state index in [1.807, 2.05) is 86.6 Å². The summed E-state index contributed by atoms with van der Waals surface area (Å²) in [6.45, 7) is 3.80. The highest BCUT2D eigenvalue weighted by Gasteiger charge is 2.15. The van der Waals surface area contributed by atoms with Gasteiger partial charge in [-0.05, 0) is 25.5 Å². The maximum atomic E-state index is 13.0. The lowest BCUT2D eigenvalue weighted by atomic mass is 10.0. The van der Waals surface area contributed by atoms with Gasteiger partial charge in [0, 0.05) is 10.9 Å². The summed E-state index contributed by atoms with van der Waals surface area (Å²) in [5.74, 6) is -0.258. The Labute approximate surface area is 175 Å². The summed E-state index contributed by atoms with van der Waals surface area (Å²) < 4.78 is 1.25. The maximum Gasteiger partial charge on any atom is 0.275 e. The van der Waals surface area contributed by atoms with Crippen LogP contribution in [0.15, 0.2) is 83.7 Å². The van der Waals surface area contributed by atoms with Crippen LogP contribution in [-0.4, -0.2) is 15.7 Å². The monoisotopic (exact) mass is 397 g/mol. The van der Waals surface area contributed by atoms with Crippen molar-refractivity contribution in [2.45, 2.75) is 26.4 Å². The average Bonchev–Trinajstić information content (AvgIpc) is 2.77. The molecule has 0 unspecified atom stereocenters. The average molecular weight is 397 g/mol. The van der Waals surface area contributed by atoms with Gasteiger partial charge in [-0.1, -0.05) is 78.4 Å². The molecule has 0 aliphatic rings. The van der Waals surface area contributed by atoms with Crippen molar-refractivity contribution in [2.75, 3.05) is 0 Å². The molecule has 5 nitrogen and oxygen atoms in total. The second kappa shape index (κ2) is 8.33. The molecule has 1 amide bonds. The van der Waals surface area contributed by atoms with Crippen molar-refractivity contribution >= 4 is 16.7 Å². The molecule has 0 spiro atoms. The van der Waals surface area contributed by atoms with Crippen LogP contribution in [0.4, 0.5) is 0 Å². The molecule has 150 valence electrons. The van der Waals surface area contributed by atoms with E-state index in [0.29, 0.717) is 11.1 Å². The molecule has 0 aliphatic carbocycles. The smallest absolute Gasteiger partial charge is 0.275 e. The van der Waals surface area contributed by atoms with E-state index in [1.165, 1.54) is 4.68 Å². The Morgan fingerprint density at radius 2 is 1.57 bits per heavy atom. The van der Waals surface area contributed by atoms with Crippen LogP contribution in [-0.2, 0) is 11.3 Å². The molecule has 1 heterocycles. The summed E-state index contributed by atoms with van der Waals surface area (Å²) >= 11 is 0.